The lowest BCUT2D eigenvalue weighted by molar-refractivity contribution is -0.142. The highest BCUT2D eigenvalue weighted by atomic mass is 35.5. The van der Waals surface area contributed by atoms with Crippen molar-refractivity contribution in [3.63, 3.8) is 0 Å². The lowest BCUT2D eigenvalue weighted by atomic mass is 10.0. The number of nitrogens with zero attached hydrogens (tertiary/aromatic N) is 7. The summed E-state index contributed by atoms with van der Waals surface area (Å²) in [5, 5.41) is 30.1. The summed E-state index contributed by atoms with van der Waals surface area (Å²) in [6.07, 6.45) is 0.515. The highest BCUT2D eigenvalue weighted by Gasteiger charge is 2.28. The van der Waals surface area contributed by atoms with Crippen molar-refractivity contribution >= 4 is 29.4 Å². The molecule has 0 saturated heterocycles. The number of carbonyl (C=O) groups is 2. The van der Waals surface area contributed by atoms with E-state index in [1.165, 1.54) is 23.1 Å². The summed E-state index contributed by atoms with van der Waals surface area (Å²) in [5.74, 6) is -1.16. The third-order valence-electron chi connectivity index (χ3n) is 7.24. The molecule has 2 atom stereocenters. The fourth-order valence-electron chi connectivity index (χ4n) is 5.23. The number of nitrogens with one attached hydrogen (secondary N) is 1. The number of imidazole rings is 1. The molecule has 0 aliphatic carbocycles. The number of aromatic amines is 1. The molecule has 0 fully saturated rings. The van der Waals surface area contributed by atoms with Gasteiger partial charge in [-0.25, -0.2) is 19.0 Å². The molecule has 5 aromatic rings. The van der Waals surface area contributed by atoms with E-state index in [9.17, 15) is 23.9 Å². The quantitative estimate of drug-likeness (QED) is 0.237. The van der Waals surface area contributed by atoms with Gasteiger partial charge in [-0.3, -0.25) is 9.69 Å². The number of benzene rings is 2. The average Bonchev–Trinajstić information content (AvgIpc) is 3.77. The second kappa shape index (κ2) is 11.1. The van der Waals surface area contributed by atoms with E-state index in [0.29, 0.717) is 56.7 Å². The maximum atomic E-state index is 13.7. The standard InChI is InChI=1S/C28H22ClFN8O5/c29-17-3-7-23(37-14-32-34-35-37)20(11-17)16-9-19-6-8-24(38(19)25(39)10-16)26-31-12-22(33-26)15-1-4-18(5-2-15)36(28(42)43)13-21(30)27(40)41/h1-5,7,9-12,14,21,24H,6,8,13H2,(H,31,33)(H,40,41)(H,42,43)/t21?,24-/m0/s1. The van der Waals surface area contributed by atoms with Crippen molar-refractivity contribution in [2.24, 2.45) is 0 Å². The summed E-state index contributed by atoms with van der Waals surface area (Å²) < 4.78 is 16.9. The number of aliphatic carboxylic acids is 1. The van der Waals surface area contributed by atoms with E-state index in [4.69, 9.17) is 16.7 Å². The Morgan fingerprint density at radius 2 is 1.91 bits per heavy atom. The minimum atomic E-state index is -2.36. The zero-order valence-electron chi connectivity index (χ0n) is 22.1. The molecule has 0 radical (unpaired) electrons. The van der Waals surface area contributed by atoms with Gasteiger partial charge in [-0.05, 0) is 70.8 Å². The van der Waals surface area contributed by atoms with E-state index < -0.39 is 24.8 Å². The van der Waals surface area contributed by atoms with E-state index >= 15 is 0 Å². The Bertz CT molecular complexity index is 1890. The van der Waals surface area contributed by atoms with Gasteiger partial charge in [0.05, 0.1) is 30.2 Å². The number of rotatable bonds is 8. The average molecular weight is 605 g/mol. The molecule has 43 heavy (non-hydrogen) atoms. The number of H-pyrrole nitrogens is 1. The van der Waals surface area contributed by atoms with Crippen LogP contribution in [-0.4, -0.2) is 69.7 Å². The van der Waals surface area contributed by atoms with Gasteiger partial charge in [0.15, 0.2) is 0 Å². The van der Waals surface area contributed by atoms with Crippen molar-refractivity contribution in [1.82, 2.24) is 34.7 Å². The number of pyridine rings is 1. The molecule has 3 aromatic heterocycles. The Hall–Kier alpha value is -5.37. The van der Waals surface area contributed by atoms with E-state index in [2.05, 4.69) is 25.5 Å². The van der Waals surface area contributed by atoms with Crippen molar-refractivity contribution in [3.05, 3.63) is 94.0 Å². The SMILES string of the molecule is O=C(O)C(F)CN(C(=O)O)c1ccc(-c2cnc([C@@H]3CCc4cc(-c5cc(Cl)ccc5-n5cnnn5)cc(=O)n43)[nH]2)cc1. The maximum Gasteiger partial charge on any atom is 0.411 e. The van der Waals surface area contributed by atoms with Gasteiger partial charge in [0.2, 0.25) is 6.17 Å². The summed E-state index contributed by atoms with van der Waals surface area (Å²) in [7, 11) is 0. The predicted molar refractivity (Wildman–Crippen MR) is 152 cm³/mol. The minimum Gasteiger partial charge on any atom is -0.479 e. The predicted octanol–water partition coefficient (Wildman–Crippen LogP) is 3.98. The second-order valence-corrected chi connectivity index (χ2v) is 10.3. The number of carboxylic acid groups (broad SMARTS) is 2. The summed E-state index contributed by atoms with van der Waals surface area (Å²) in [4.78, 5) is 44.3. The topological polar surface area (TPSA) is 172 Å². The van der Waals surface area contributed by atoms with Crippen molar-refractivity contribution < 1.29 is 24.2 Å². The molecule has 0 spiro atoms. The van der Waals surface area contributed by atoms with Gasteiger partial charge in [0.1, 0.15) is 12.2 Å². The summed E-state index contributed by atoms with van der Waals surface area (Å²) in [6.45, 7) is -0.841. The van der Waals surface area contributed by atoms with E-state index in [-0.39, 0.29) is 17.3 Å². The number of tetrazole rings is 1. The fraction of sp³-hybridized carbons (Fsp3) is 0.179. The molecule has 6 rings (SSSR count). The molecule has 1 unspecified atom stereocenters. The zero-order chi connectivity index (χ0) is 30.2. The highest BCUT2D eigenvalue weighted by molar-refractivity contribution is 6.31. The molecule has 15 heteroatoms. The number of fused-ring (bicyclic) bond motifs is 1. The first kappa shape index (κ1) is 27.8. The van der Waals surface area contributed by atoms with Crippen LogP contribution in [-0.2, 0) is 11.2 Å². The fourth-order valence-corrected chi connectivity index (χ4v) is 5.40. The molecule has 1 aliphatic heterocycles. The monoisotopic (exact) mass is 604 g/mol. The number of hydrogen-bond acceptors (Lipinski definition) is 7. The normalized spacial score (nSPS) is 14.8. The van der Waals surface area contributed by atoms with Gasteiger partial charge >= 0.3 is 12.1 Å². The number of carboxylic acids is 1. The first-order valence-corrected chi connectivity index (χ1v) is 13.4. The molecule has 0 bridgehead atoms. The number of amides is 1. The molecule has 2 aromatic carbocycles. The third kappa shape index (κ3) is 5.35. The molecular weight excluding hydrogens is 583 g/mol. The van der Waals surface area contributed by atoms with Crippen LogP contribution in [0.15, 0.2) is 71.9 Å². The lowest BCUT2D eigenvalue weighted by Crippen LogP contribution is -2.38. The summed E-state index contributed by atoms with van der Waals surface area (Å²) in [6, 6.07) is 14.6. The molecule has 1 aliphatic rings. The van der Waals surface area contributed by atoms with Crippen LogP contribution in [0, 0.1) is 0 Å². The van der Waals surface area contributed by atoms with E-state index in [1.807, 2.05) is 6.07 Å². The minimum absolute atomic E-state index is 0.120. The molecule has 1 amide bonds. The van der Waals surface area contributed by atoms with Gasteiger partial charge < -0.3 is 19.8 Å². The van der Waals surface area contributed by atoms with Crippen LogP contribution in [0.25, 0.3) is 28.1 Å². The second-order valence-electron chi connectivity index (χ2n) is 9.84. The molecule has 0 saturated carbocycles. The smallest absolute Gasteiger partial charge is 0.411 e. The van der Waals surface area contributed by atoms with Crippen LogP contribution in [0.5, 0.6) is 0 Å². The van der Waals surface area contributed by atoms with E-state index in [0.717, 1.165) is 5.69 Å². The van der Waals surface area contributed by atoms with Gasteiger partial charge in [0, 0.05) is 28.0 Å². The number of aromatic nitrogens is 7. The molecule has 218 valence electrons. The first-order chi connectivity index (χ1) is 20.7. The van der Waals surface area contributed by atoms with Crippen molar-refractivity contribution in [2.75, 3.05) is 11.4 Å². The van der Waals surface area contributed by atoms with E-state index in [1.54, 1.807) is 47.2 Å². The summed E-state index contributed by atoms with van der Waals surface area (Å²) in [5.41, 5.74) is 4.10. The Balaban J connectivity index is 1.26. The molecule has 4 heterocycles. The number of aryl methyl sites for hydroxylation is 1. The van der Waals surface area contributed by atoms with Crippen LogP contribution in [0.1, 0.15) is 24.0 Å². The van der Waals surface area contributed by atoms with Gasteiger partial charge in [-0.15, -0.1) is 5.10 Å². The van der Waals surface area contributed by atoms with Crippen LogP contribution in [0.2, 0.25) is 5.02 Å². The Morgan fingerprint density at radius 1 is 1.12 bits per heavy atom. The molecular formula is C28H22ClFN8O5. The number of hydrogen-bond donors (Lipinski definition) is 3. The third-order valence-corrected chi connectivity index (χ3v) is 7.48. The lowest BCUT2D eigenvalue weighted by Gasteiger charge is -2.20. The Kier molecular flexibility index (Phi) is 7.19. The Morgan fingerprint density at radius 3 is 2.60 bits per heavy atom. The van der Waals surface area contributed by atoms with Crippen molar-refractivity contribution in [1.29, 1.82) is 0 Å². The van der Waals surface area contributed by atoms with Crippen LogP contribution < -0.4 is 10.5 Å². The van der Waals surface area contributed by atoms with Gasteiger partial charge in [-0.1, -0.05) is 23.7 Å². The Labute approximate surface area is 246 Å². The molecule has 3 N–H and O–H groups in total. The highest BCUT2D eigenvalue weighted by Crippen LogP contribution is 2.34. The first-order valence-electron chi connectivity index (χ1n) is 13.0. The van der Waals surface area contributed by atoms with Gasteiger partial charge in [-0.2, -0.15) is 4.68 Å². The van der Waals surface area contributed by atoms with Crippen LogP contribution >= 0.6 is 11.6 Å². The van der Waals surface area contributed by atoms with Crippen molar-refractivity contribution in [2.45, 2.75) is 25.1 Å². The van der Waals surface area contributed by atoms with Crippen LogP contribution in [0.3, 0.4) is 0 Å². The maximum absolute atomic E-state index is 13.7. The number of alkyl halides is 1. The zero-order valence-corrected chi connectivity index (χ0v) is 22.9. The summed E-state index contributed by atoms with van der Waals surface area (Å²) >= 11 is 6.29. The van der Waals surface area contributed by atoms with Crippen molar-refractivity contribution in [3.8, 4) is 28.1 Å². The van der Waals surface area contributed by atoms with Gasteiger partial charge in [0.25, 0.3) is 5.56 Å². The largest absolute Gasteiger partial charge is 0.479 e. The van der Waals surface area contributed by atoms with Crippen LogP contribution in [0.4, 0.5) is 14.9 Å². The number of halogens is 2. The molecule has 13 nitrogen and oxygen atoms in total. The number of anilines is 1.